The van der Waals surface area contributed by atoms with Crippen molar-refractivity contribution in [2.24, 2.45) is 0 Å². The Hall–Kier alpha value is -1.20. The first kappa shape index (κ1) is 13.8. The summed E-state index contributed by atoms with van der Waals surface area (Å²) < 4.78 is 0. The van der Waals surface area contributed by atoms with Crippen molar-refractivity contribution in [1.82, 2.24) is 0 Å². The molecule has 0 fully saturated rings. The van der Waals surface area contributed by atoms with Crippen molar-refractivity contribution in [3.8, 4) is 11.1 Å². The van der Waals surface area contributed by atoms with E-state index in [9.17, 15) is 0 Å². The predicted molar refractivity (Wildman–Crippen MR) is 80.2 cm³/mol. The van der Waals surface area contributed by atoms with E-state index < -0.39 is 0 Å². The van der Waals surface area contributed by atoms with E-state index in [2.05, 4.69) is 60.7 Å². The molecule has 2 aliphatic carbocycles. The molecule has 0 radical (unpaired) electrons. The molecule has 0 aromatic heterocycles. The number of fused-ring (bicyclic) bond motifs is 3. The number of hydrogen-bond donors (Lipinski definition) is 0. The van der Waals surface area contributed by atoms with E-state index in [1.54, 1.807) is 0 Å². The maximum atomic E-state index is 2.30. The fourth-order valence-electron chi connectivity index (χ4n) is 3.26. The van der Waals surface area contributed by atoms with E-state index in [1.807, 2.05) is 0 Å². The molecule has 0 spiro atoms. The van der Waals surface area contributed by atoms with Crippen LogP contribution in [0.3, 0.4) is 0 Å². The Bertz CT molecular complexity index is 707. The smallest absolute Gasteiger partial charge is 0 e. The maximum Gasteiger partial charge on any atom is 0 e. The average molecular weight is 336 g/mol. The van der Waals surface area contributed by atoms with Gasteiger partial charge in [-0.25, -0.2) is 0 Å². The van der Waals surface area contributed by atoms with Crippen LogP contribution in [0.4, 0.5) is 0 Å². The molecule has 1 heteroatoms. The minimum Gasteiger partial charge on any atom is -0.0804 e. The predicted octanol–water partition coefficient (Wildman–Crippen LogP) is 4.68. The largest absolute Gasteiger partial charge is 0.0804 e. The Kier molecular flexibility index (Phi) is 3.90. The van der Waals surface area contributed by atoms with E-state index in [1.165, 1.54) is 33.4 Å². The van der Waals surface area contributed by atoms with Crippen LogP contribution < -0.4 is 0 Å². The van der Waals surface area contributed by atoms with Gasteiger partial charge in [0.05, 0.1) is 0 Å². The monoisotopic (exact) mass is 334 g/mol. The number of allylic oxidation sites excluding steroid dienone is 4. The Labute approximate surface area is 139 Å². The molecule has 0 saturated heterocycles. The Balaban J connectivity index is 0.00000121. The Morgan fingerprint density at radius 1 is 0.900 bits per heavy atom. The Morgan fingerprint density at radius 3 is 2.60 bits per heavy atom. The second kappa shape index (κ2) is 5.66. The molecule has 0 unspecified atom stereocenters. The average Bonchev–Trinajstić information content (AvgIpc) is 3.06. The number of hydrogen-bond acceptors (Lipinski definition) is 0. The summed E-state index contributed by atoms with van der Waals surface area (Å²) >= 11 is 0. The number of benzene rings is 2. The zero-order chi connectivity index (χ0) is 12.7. The molecule has 2 aromatic carbocycles. The molecule has 20 heavy (non-hydrogen) atoms. The van der Waals surface area contributed by atoms with Gasteiger partial charge in [-0.05, 0) is 47.1 Å². The minimum absolute atomic E-state index is 0. The van der Waals surface area contributed by atoms with Gasteiger partial charge in [0.15, 0.2) is 0 Å². The van der Waals surface area contributed by atoms with Crippen molar-refractivity contribution in [2.45, 2.75) is 19.3 Å². The van der Waals surface area contributed by atoms with Gasteiger partial charge in [0.1, 0.15) is 0 Å². The van der Waals surface area contributed by atoms with Gasteiger partial charge in [0.2, 0.25) is 0 Å². The fourth-order valence-corrected chi connectivity index (χ4v) is 3.26. The molecule has 0 amide bonds. The molecule has 2 aliphatic rings. The molecular formula is C19H16Zr. The molecule has 4 rings (SSSR count). The summed E-state index contributed by atoms with van der Waals surface area (Å²) in [6, 6.07) is 15.6. The van der Waals surface area contributed by atoms with Crippen LogP contribution in [-0.4, -0.2) is 0 Å². The first-order valence-corrected chi connectivity index (χ1v) is 6.95. The van der Waals surface area contributed by atoms with Crippen LogP contribution in [0.15, 0.2) is 66.3 Å². The third-order valence-corrected chi connectivity index (χ3v) is 4.21. The van der Waals surface area contributed by atoms with Gasteiger partial charge in [-0.2, -0.15) is 0 Å². The van der Waals surface area contributed by atoms with Crippen molar-refractivity contribution in [3.05, 3.63) is 83.0 Å². The molecule has 0 atom stereocenters. The molecule has 96 valence electrons. The molecule has 0 heterocycles. The summed E-state index contributed by atoms with van der Waals surface area (Å²) in [5, 5.41) is 0. The van der Waals surface area contributed by atoms with Gasteiger partial charge < -0.3 is 0 Å². The normalized spacial score (nSPS) is 14.5. The van der Waals surface area contributed by atoms with Crippen molar-refractivity contribution in [1.29, 1.82) is 0 Å². The fraction of sp³-hybridized carbons (Fsp3) is 0.158. The molecule has 0 bridgehead atoms. The van der Waals surface area contributed by atoms with Crippen LogP contribution in [0.1, 0.15) is 23.1 Å². The summed E-state index contributed by atoms with van der Waals surface area (Å²) in [5.41, 5.74) is 8.92. The summed E-state index contributed by atoms with van der Waals surface area (Å²) in [6.07, 6.45) is 10.0. The maximum absolute atomic E-state index is 2.30. The summed E-state index contributed by atoms with van der Waals surface area (Å²) in [6.45, 7) is 0. The topological polar surface area (TPSA) is 0 Å². The first-order valence-electron chi connectivity index (χ1n) is 6.95. The molecule has 0 saturated carbocycles. The summed E-state index contributed by atoms with van der Waals surface area (Å²) in [7, 11) is 0. The SMILES string of the molecule is C1=CCC(Cc2cccc3c2Cc2ccccc2-3)=C1.[Zr]. The minimum atomic E-state index is 0. The zero-order valence-electron chi connectivity index (χ0n) is 11.4. The molecular weight excluding hydrogens is 319 g/mol. The molecule has 0 nitrogen and oxygen atoms in total. The van der Waals surface area contributed by atoms with Crippen LogP contribution in [-0.2, 0) is 39.0 Å². The molecule has 2 aromatic rings. The summed E-state index contributed by atoms with van der Waals surface area (Å²) in [4.78, 5) is 0. The van der Waals surface area contributed by atoms with Crippen molar-refractivity contribution >= 4 is 0 Å². The van der Waals surface area contributed by atoms with E-state index in [0.29, 0.717) is 0 Å². The first-order chi connectivity index (χ1) is 9.42. The van der Waals surface area contributed by atoms with Gasteiger partial charge in [0.25, 0.3) is 0 Å². The standard InChI is InChI=1S/C19H16.Zr/c1-2-7-14(6-1)12-15-9-5-11-18-17-10-4-3-8-16(17)13-19(15)18;/h1-6,8-11H,7,12-13H2;. The second-order valence-electron chi connectivity index (χ2n) is 5.41. The van der Waals surface area contributed by atoms with Crippen molar-refractivity contribution in [2.75, 3.05) is 0 Å². The third-order valence-electron chi connectivity index (χ3n) is 4.21. The van der Waals surface area contributed by atoms with E-state index in [0.717, 1.165) is 19.3 Å². The van der Waals surface area contributed by atoms with E-state index >= 15 is 0 Å². The van der Waals surface area contributed by atoms with Crippen molar-refractivity contribution < 1.29 is 26.2 Å². The zero-order valence-corrected chi connectivity index (χ0v) is 13.9. The van der Waals surface area contributed by atoms with Crippen LogP contribution in [0.25, 0.3) is 11.1 Å². The number of rotatable bonds is 2. The molecule has 0 aliphatic heterocycles. The van der Waals surface area contributed by atoms with Gasteiger partial charge in [-0.3, -0.25) is 0 Å². The van der Waals surface area contributed by atoms with Crippen LogP contribution in [0, 0.1) is 0 Å². The Morgan fingerprint density at radius 2 is 1.75 bits per heavy atom. The third kappa shape index (κ3) is 2.29. The van der Waals surface area contributed by atoms with Crippen LogP contribution in [0.2, 0.25) is 0 Å². The summed E-state index contributed by atoms with van der Waals surface area (Å²) in [5.74, 6) is 0. The van der Waals surface area contributed by atoms with Crippen LogP contribution >= 0.6 is 0 Å². The van der Waals surface area contributed by atoms with Crippen molar-refractivity contribution in [3.63, 3.8) is 0 Å². The van der Waals surface area contributed by atoms with E-state index in [-0.39, 0.29) is 26.2 Å². The second-order valence-corrected chi connectivity index (χ2v) is 5.41. The van der Waals surface area contributed by atoms with Gasteiger partial charge in [-0.1, -0.05) is 66.3 Å². The van der Waals surface area contributed by atoms with Gasteiger partial charge in [-0.15, -0.1) is 0 Å². The van der Waals surface area contributed by atoms with Crippen LogP contribution in [0.5, 0.6) is 0 Å². The quantitative estimate of drug-likeness (QED) is 0.637. The van der Waals surface area contributed by atoms with E-state index in [4.69, 9.17) is 0 Å². The molecule has 0 N–H and O–H groups in total. The van der Waals surface area contributed by atoms with Gasteiger partial charge >= 0.3 is 0 Å². The van der Waals surface area contributed by atoms with Gasteiger partial charge in [0, 0.05) is 26.2 Å².